The quantitative estimate of drug-likeness (QED) is 0.566. The summed E-state index contributed by atoms with van der Waals surface area (Å²) in [6.45, 7) is 2.56. The van der Waals surface area contributed by atoms with Crippen LogP contribution >= 0.6 is 0 Å². The third kappa shape index (κ3) is 6.40. The van der Waals surface area contributed by atoms with Crippen molar-refractivity contribution in [2.75, 3.05) is 13.7 Å². The summed E-state index contributed by atoms with van der Waals surface area (Å²) < 4.78 is 4.56. The summed E-state index contributed by atoms with van der Waals surface area (Å²) in [5.74, 6) is -0.368. The fraction of sp³-hybridized carbons (Fsp3) is 0.500. The van der Waals surface area contributed by atoms with Crippen LogP contribution in [-0.2, 0) is 14.3 Å². The lowest BCUT2D eigenvalue weighted by Crippen LogP contribution is -2.34. The second-order valence-electron chi connectivity index (χ2n) is 5.07. The number of amides is 1. The zero-order chi connectivity index (χ0) is 15.7. The molecule has 5 heteroatoms. The molecule has 0 spiro atoms. The smallest absolute Gasteiger partial charge is 0.305 e. The van der Waals surface area contributed by atoms with E-state index in [1.165, 1.54) is 7.11 Å². The average molecular weight is 292 g/mol. The van der Waals surface area contributed by atoms with Gasteiger partial charge in [0.25, 0.3) is 0 Å². The van der Waals surface area contributed by atoms with E-state index in [9.17, 15) is 9.59 Å². The summed E-state index contributed by atoms with van der Waals surface area (Å²) in [6, 6.07) is 6.98. The van der Waals surface area contributed by atoms with Crippen LogP contribution in [0.25, 0.3) is 0 Å². The van der Waals surface area contributed by atoms with Crippen molar-refractivity contribution in [3.8, 4) is 0 Å². The molecule has 0 bridgehead atoms. The van der Waals surface area contributed by atoms with Gasteiger partial charge >= 0.3 is 5.97 Å². The molecule has 1 atom stereocenters. The first-order valence-corrected chi connectivity index (χ1v) is 7.21. The molecule has 3 N–H and O–H groups in total. The number of carbonyl (C=O) groups is 2. The minimum atomic E-state index is -0.638. The number of hydrogen-bond donors (Lipinski definition) is 2. The molecule has 0 fully saturated rings. The van der Waals surface area contributed by atoms with Crippen LogP contribution in [0, 0.1) is 6.92 Å². The SMILES string of the molecule is COC(=O)CCCCCNC(=O)C(N)c1ccc(C)cc1. The van der Waals surface area contributed by atoms with Crippen LogP contribution in [-0.4, -0.2) is 25.5 Å². The Kier molecular flexibility index (Phi) is 7.46. The van der Waals surface area contributed by atoms with E-state index in [1.807, 2.05) is 31.2 Å². The minimum absolute atomic E-state index is 0.174. The molecule has 0 radical (unpaired) electrons. The molecule has 0 aliphatic rings. The van der Waals surface area contributed by atoms with Crippen LogP contribution in [0.15, 0.2) is 24.3 Å². The molecule has 1 unspecified atom stereocenters. The number of benzene rings is 1. The van der Waals surface area contributed by atoms with Crippen molar-refractivity contribution >= 4 is 11.9 Å². The highest BCUT2D eigenvalue weighted by Crippen LogP contribution is 2.11. The third-order valence-electron chi connectivity index (χ3n) is 3.30. The third-order valence-corrected chi connectivity index (χ3v) is 3.30. The predicted octanol–water partition coefficient (Wildman–Crippen LogP) is 1.84. The lowest BCUT2D eigenvalue weighted by Gasteiger charge is -2.12. The number of esters is 1. The van der Waals surface area contributed by atoms with Crippen molar-refractivity contribution < 1.29 is 14.3 Å². The van der Waals surface area contributed by atoms with E-state index >= 15 is 0 Å². The predicted molar refractivity (Wildman–Crippen MR) is 81.6 cm³/mol. The van der Waals surface area contributed by atoms with E-state index in [2.05, 4.69) is 10.1 Å². The van der Waals surface area contributed by atoms with E-state index < -0.39 is 6.04 Å². The number of hydrogen-bond acceptors (Lipinski definition) is 4. The molecule has 1 aromatic rings. The largest absolute Gasteiger partial charge is 0.469 e. The van der Waals surface area contributed by atoms with Gasteiger partial charge in [0.1, 0.15) is 6.04 Å². The van der Waals surface area contributed by atoms with Crippen LogP contribution < -0.4 is 11.1 Å². The van der Waals surface area contributed by atoms with Gasteiger partial charge in [0.05, 0.1) is 7.11 Å². The van der Waals surface area contributed by atoms with E-state index in [0.717, 1.165) is 30.4 Å². The van der Waals surface area contributed by atoms with E-state index in [4.69, 9.17) is 5.73 Å². The zero-order valence-corrected chi connectivity index (χ0v) is 12.7. The van der Waals surface area contributed by atoms with Gasteiger partial charge in [-0.3, -0.25) is 9.59 Å². The van der Waals surface area contributed by atoms with E-state index in [1.54, 1.807) is 0 Å². The van der Waals surface area contributed by atoms with E-state index in [0.29, 0.717) is 13.0 Å². The number of rotatable bonds is 8. The van der Waals surface area contributed by atoms with Gasteiger partial charge in [0, 0.05) is 13.0 Å². The lowest BCUT2D eigenvalue weighted by molar-refractivity contribution is -0.140. The Morgan fingerprint density at radius 1 is 1.19 bits per heavy atom. The fourth-order valence-corrected chi connectivity index (χ4v) is 1.92. The molecule has 0 heterocycles. The van der Waals surface area contributed by atoms with Gasteiger partial charge in [-0.05, 0) is 25.3 Å². The Morgan fingerprint density at radius 2 is 1.86 bits per heavy atom. The molecule has 0 saturated heterocycles. The van der Waals surface area contributed by atoms with Gasteiger partial charge in [-0.15, -0.1) is 0 Å². The van der Waals surface area contributed by atoms with Crippen molar-refractivity contribution in [2.45, 2.75) is 38.6 Å². The van der Waals surface area contributed by atoms with Crippen molar-refractivity contribution in [3.05, 3.63) is 35.4 Å². The van der Waals surface area contributed by atoms with Crippen LogP contribution in [0.1, 0.15) is 42.9 Å². The maximum Gasteiger partial charge on any atom is 0.305 e. The average Bonchev–Trinajstić information content (AvgIpc) is 2.50. The van der Waals surface area contributed by atoms with Crippen molar-refractivity contribution in [1.82, 2.24) is 5.32 Å². The second kappa shape index (κ2) is 9.13. The van der Waals surface area contributed by atoms with Crippen molar-refractivity contribution in [3.63, 3.8) is 0 Å². The molecular formula is C16H24N2O3. The first-order valence-electron chi connectivity index (χ1n) is 7.21. The molecule has 0 aliphatic heterocycles. The Balaban J connectivity index is 2.21. The van der Waals surface area contributed by atoms with Crippen molar-refractivity contribution in [2.24, 2.45) is 5.73 Å². The topological polar surface area (TPSA) is 81.4 Å². The first kappa shape index (κ1) is 17.2. The van der Waals surface area contributed by atoms with Crippen LogP contribution in [0.3, 0.4) is 0 Å². The summed E-state index contributed by atoms with van der Waals surface area (Å²) in [5.41, 5.74) is 7.86. The summed E-state index contributed by atoms with van der Waals surface area (Å²) >= 11 is 0. The molecular weight excluding hydrogens is 268 g/mol. The number of methoxy groups -OCH3 is 1. The second-order valence-corrected chi connectivity index (χ2v) is 5.07. The molecule has 1 aromatic carbocycles. The zero-order valence-electron chi connectivity index (χ0n) is 12.7. The fourth-order valence-electron chi connectivity index (χ4n) is 1.92. The number of carbonyl (C=O) groups excluding carboxylic acids is 2. The maximum atomic E-state index is 11.9. The Morgan fingerprint density at radius 3 is 2.48 bits per heavy atom. The number of aryl methyl sites for hydroxylation is 1. The molecule has 0 aliphatic carbocycles. The number of nitrogens with one attached hydrogen (secondary N) is 1. The van der Waals surface area contributed by atoms with Crippen LogP contribution in [0.5, 0.6) is 0 Å². The standard InChI is InChI=1S/C16H24N2O3/c1-12-7-9-13(10-8-12)15(17)16(20)18-11-5-3-4-6-14(19)21-2/h7-10,15H,3-6,11,17H2,1-2H3,(H,18,20). The Labute approximate surface area is 125 Å². The highest BCUT2D eigenvalue weighted by Gasteiger charge is 2.14. The first-order chi connectivity index (χ1) is 10.0. The molecule has 1 amide bonds. The van der Waals surface area contributed by atoms with Crippen LogP contribution in [0.2, 0.25) is 0 Å². The summed E-state index contributed by atoms with van der Waals surface area (Å²) in [5, 5.41) is 2.82. The highest BCUT2D eigenvalue weighted by molar-refractivity contribution is 5.82. The monoisotopic (exact) mass is 292 g/mol. The molecule has 1 rings (SSSR count). The number of nitrogens with two attached hydrogens (primary N) is 1. The highest BCUT2D eigenvalue weighted by atomic mass is 16.5. The Bertz CT molecular complexity index is 457. The van der Waals surface area contributed by atoms with Gasteiger partial charge in [-0.1, -0.05) is 36.2 Å². The summed E-state index contributed by atoms with van der Waals surface area (Å²) in [6.07, 6.45) is 2.89. The molecule has 21 heavy (non-hydrogen) atoms. The molecule has 0 saturated carbocycles. The normalized spacial score (nSPS) is 11.8. The van der Waals surface area contributed by atoms with Crippen molar-refractivity contribution in [1.29, 1.82) is 0 Å². The maximum absolute atomic E-state index is 11.9. The molecule has 5 nitrogen and oxygen atoms in total. The number of ether oxygens (including phenoxy) is 1. The summed E-state index contributed by atoms with van der Waals surface area (Å²) in [7, 11) is 1.38. The van der Waals surface area contributed by atoms with Gasteiger partial charge < -0.3 is 15.8 Å². The lowest BCUT2D eigenvalue weighted by atomic mass is 10.1. The molecule has 116 valence electrons. The van der Waals surface area contributed by atoms with Gasteiger partial charge in [-0.25, -0.2) is 0 Å². The van der Waals surface area contributed by atoms with E-state index in [-0.39, 0.29) is 11.9 Å². The van der Waals surface area contributed by atoms with Gasteiger partial charge in [0.2, 0.25) is 5.91 Å². The molecule has 0 aromatic heterocycles. The van der Waals surface area contributed by atoms with Gasteiger partial charge in [0.15, 0.2) is 0 Å². The van der Waals surface area contributed by atoms with Crippen LogP contribution in [0.4, 0.5) is 0 Å². The Hall–Kier alpha value is -1.88. The minimum Gasteiger partial charge on any atom is -0.469 e. The summed E-state index contributed by atoms with van der Waals surface area (Å²) in [4.78, 5) is 22.8. The number of unbranched alkanes of at least 4 members (excludes halogenated alkanes) is 2. The van der Waals surface area contributed by atoms with Gasteiger partial charge in [-0.2, -0.15) is 0 Å².